The second kappa shape index (κ2) is 8.40. The molecule has 0 aliphatic carbocycles. The van der Waals surface area contributed by atoms with Crippen LogP contribution in [0.3, 0.4) is 0 Å². The number of nitrogens with one attached hydrogen (secondary N) is 2. The maximum absolute atomic E-state index is 13.9. The summed E-state index contributed by atoms with van der Waals surface area (Å²) in [6.45, 7) is 1.53. The summed E-state index contributed by atoms with van der Waals surface area (Å²) < 4.78 is 77.1. The molecule has 11 heteroatoms. The van der Waals surface area contributed by atoms with E-state index in [1.165, 1.54) is 37.3 Å². The van der Waals surface area contributed by atoms with Gasteiger partial charge < -0.3 is 5.32 Å². The van der Waals surface area contributed by atoms with Crippen LogP contribution in [0, 0.1) is 11.6 Å². The zero-order valence-corrected chi connectivity index (χ0v) is 17.6. The molecule has 1 fully saturated rings. The van der Waals surface area contributed by atoms with Crippen LogP contribution in [0.25, 0.3) is 0 Å². The van der Waals surface area contributed by atoms with Crippen molar-refractivity contribution in [3.63, 3.8) is 0 Å². The molecule has 0 aromatic heterocycles. The van der Waals surface area contributed by atoms with E-state index < -0.39 is 49.5 Å². The number of sulfone groups is 1. The molecule has 2 atom stereocenters. The van der Waals surface area contributed by atoms with Gasteiger partial charge in [0.15, 0.2) is 9.84 Å². The SMILES string of the molecule is C[C@@H](NC(=O)c1ccc(S(=O)(=O)N[C@@H]2CCS(=O)(=O)C2)cc1)c1ccc(F)cc1F. The van der Waals surface area contributed by atoms with E-state index in [4.69, 9.17) is 0 Å². The van der Waals surface area contributed by atoms with Gasteiger partial charge in [-0.15, -0.1) is 0 Å². The number of amides is 1. The Morgan fingerprint density at radius 3 is 2.37 bits per heavy atom. The normalized spacial score (nSPS) is 19.4. The first-order valence-electron chi connectivity index (χ1n) is 9.05. The molecule has 7 nitrogen and oxygen atoms in total. The Bertz CT molecular complexity index is 1170. The highest BCUT2D eigenvalue weighted by molar-refractivity contribution is 7.92. The summed E-state index contributed by atoms with van der Waals surface area (Å²) in [6.07, 6.45) is 0.208. The molecular weight excluding hydrogens is 438 g/mol. The largest absolute Gasteiger partial charge is 0.345 e. The number of hydrogen-bond acceptors (Lipinski definition) is 5. The Labute approximate surface area is 173 Å². The molecule has 1 amide bonds. The van der Waals surface area contributed by atoms with E-state index in [-0.39, 0.29) is 33.9 Å². The molecule has 30 heavy (non-hydrogen) atoms. The van der Waals surface area contributed by atoms with Gasteiger partial charge in [-0.25, -0.2) is 30.3 Å². The van der Waals surface area contributed by atoms with Gasteiger partial charge in [0.05, 0.1) is 22.4 Å². The van der Waals surface area contributed by atoms with E-state index in [1.807, 2.05) is 0 Å². The number of carbonyl (C=O) groups excluding carboxylic acids is 1. The van der Waals surface area contributed by atoms with Crippen LogP contribution in [0.4, 0.5) is 8.78 Å². The molecule has 2 aromatic rings. The van der Waals surface area contributed by atoms with Crippen LogP contribution >= 0.6 is 0 Å². The van der Waals surface area contributed by atoms with Crippen molar-refractivity contribution in [1.29, 1.82) is 0 Å². The van der Waals surface area contributed by atoms with Gasteiger partial charge in [0.25, 0.3) is 5.91 Å². The molecule has 2 aromatic carbocycles. The molecule has 0 bridgehead atoms. The van der Waals surface area contributed by atoms with Crippen molar-refractivity contribution in [2.75, 3.05) is 11.5 Å². The zero-order valence-electron chi connectivity index (χ0n) is 15.9. The summed E-state index contributed by atoms with van der Waals surface area (Å²) in [6, 6.07) is 6.66. The summed E-state index contributed by atoms with van der Waals surface area (Å²) in [5.41, 5.74) is 0.256. The quantitative estimate of drug-likeness (QED) is 0.688. The van der Waals surface area contributed by atoms with Crippen molar-refractivity contribution in [2.24, 2.45) is 0 Å². The summed E-state index contributed by atoms with van der Waals surface area (Å²) in [7, 11) is -7.18. The summed E-state index contributed by atoms with van der Waals surface area (Å²) in [4.78, 5) is 12.3. The topological polar surface area (TPSA) is 109 Å². The molecule has 162 valence electrons. The van der Waals surface area contributed by atoms with Crippen molar-refractivity contribution in [1.82, 2.24) is 10.0 Å². The lowest BCUT2D eigenvalue weighted by molar-refractivity contribution is 0.0939. The van der Waals surface area contributed by atoms with E-state index in [0.717, 1.165) is 12.1 Å². The fraction of sp³-hybridized carbons (Fsp3) is 0.316. The number of carbonyl (C=O) groups is 1. The number of sulfonamides is 1. The minimum atomic E-state index is -3.94. The predicted molar refractivity (Wildman–Crippen MR) is 106 cm³/mol. The Balaban J connectivity index is 1.68. The van der Waals surface area contributed by atoms with Gasteiger partial charge in [-0.1, -0.05) is 6.07 Å². The van der Waals surface area contributed by atoms with E-state index in [0.29, 0.717) is 0 Å². The molecule has 2 N–H and O–H groups in total. The van der Waals surface area contributed by atoms with E-state index in [2.05, 4.69) is 10.0 Å². The lowest BCUT2D eigenvalue weighted by atomic mass is 10.1. The first kappa shape index (κ1) is 22.3. The third-order valence-corrected chi connectivity index (χ3v) is 8.06. The van der Waals surface area contributed by atoms with Crippen molar-refractivity contribution >= 4 is 25.8 Å². The first-order valence-corrected chi connectivity index (χ1v) is 12.4. The molecule has 0 radical (unpaired) electrons. The third-order valence-electron chi connectivity index (χ3n) is 4.76. The molecule has 1 aliphatic rings. The van der Waals surface area contributed by atoms with Gasteiger partial charge in [-0.3, -0.25) is 4.79 Å². The highest BCUT2D eigenvalue weighted by Crippen LogP contribution is 2.19. The minimum absolute atomic E-state index is 0.0634. The van der Waals surface area contributed by atoms with E-state index in [9.17, 15) is 30.4 Å². The number of halogens is 2. The van der Waals surface area contributed by atoms with Crippen molar-refractivity contribution in [3.8, 4) is 0 Å². The third kappa shape index (κ3) is 5.21. The van der Waals surface area contributed by atoms with Gasteiger partial charge in [0.2, 0.25) is 10.0 Å². The molecule has 1 heterocycles. The van der Waals surface area contributed by atoms with Crippen LogP contribution in [0.2, 0.25) is 0 Å². The summed E-state index contributed by atoms with van der Waals surface area (Å²) >= 11 is 0. The fourth-order valence-electron chi connectivity index (χ4n) is 3.17. The highest BCUT2D eigenvalue weighted by Gasteiger charge is 2.31. The summed E-state index contributed by atoms with van der Waals surface area (Å²) in [5, 5.41) is 2.57. The van der Waals surface area contributed by atoms with Gasteiger partial charge in [0.1, 0.15) is 11.6 Å². The number of benzene rings is 2. The Hall–Kier alpha value is -2.37. The van der Waals surface area contributed by atoms with Gasteiger partial charge >= 0.3 is 0 Å². The van der Waals surface area contributed by atoms with Crippen molar-refractivity contribution in [3.05, 3.63) is 65.2 Å². The van der Waals surface area contributed by atoms with E-state index in [1.54, 1.807) is 0 Å². The smallest absolute Gasteiger partial charge is 0.251 e. The first-order chi connectivity index (χ1) is 14.0. The average Bonchev–Trinajstić information content (AvgIpc) is 2.99. The predicted octanol–water partition coefficient (Wildman–Crippen LogP) is 1.92. The zero-order chi connectivity index (χ0) is 22.1. The lowest BCUT2D eigenvalue weighted by Gasteiger charge is -2.16. The second-order valence-corrected chi connectivity index (χ2v) is 11.0. The summed E-state index contributed by atoms with van der Waals surface area (Å²) in [5.74, 6) is -2.39. The molecule has 0 spiro atoms. The van der Waals surface area contributed by atoms with Crippen LogP contribution in [0.1, 0.15) is 35.3 Å². The highest BCUT2D eigenvalue weighted by atomic mass is 32.2. The standard InChI is InChI=1S/C19H20F2N2O5S2/c1-12(17-7-4-14(20)10-18(17)21)22-19(24)13-2-5-16(6-3-13)30(27,28)23-15-8-9-29(25,26)11-15/h2-7,10,12,15,23H,8-9,11H2,1H3,(H,22,24)/t12-,15-/m1/s1. The van der Waals surface area contributed by atoms with Crippen LogP contribution in [-0.4, -0.2) is 40.3 Å². The van der Waals surface area contributed by atoms with Gasteiger partial charge in [-0.2, -0.15) is 0 Å². The molecular formula is C19H20F2N2O5S2. The van der Waals surface area contributed by atoms with Crippen LogP contribution in [-0.2, 0) is 19.9 Å². The van der Waals surface area contributed by atoms with Crippen LogP contribution < -0.4 is 10.0 Å². The van der Waals surface area contributed by atoms with Gasteiger partial charge in [-0.05, 0) is 43.7 Å². The monoisotopic (exact) mass is 458 g/mol. The molecule has 1 aliphatic heterocycles. The van der Waals surface area contributed by atoms with Crippen LogP contribution in [0.15, 0.2) is 47.4 Å². The fourth-order valence-corrected chi connectivity index (χ4v) is 6.22. The number of rotatable bonds is 6. The molecule has 0 unspecified atom stereocenters. The molecule has 0 saturated carbocycles. The number of hydrogen-bond donors (Lipinski definition) is 2. The second-order valence-electron chi connectivity index (χ2n) is 7.11. The van der Waals surface area contributed by atoms with Crippen molar-refractivity contribution < 1.29 is 30.4 Å². The Morgan fingerprint density at radius 1 is 1.13 bits per heavy atom. The lowest BCUT2D eigenvalue weighted by Crippen LogP contribution is -2.35. The maximum Gasteiger partial charge on any atom is 0.251 e. The minimum Gasteiger partial charge on any atom is -0.345 e. The Morgan fingerprint density at radius 2 is 1.80 bits per heavy atom. The van der Waals surface area contributed by atoms with Crippen molar-refractivity contribution in [2.45, 2.75) is 30.3 Å². The Kier molecular flexibility index (Phi) is 6.25. The van der Waals surface area contributed by atoms with E-state index >= 15 is 0 Å². The van der Waals surface area contributed by atoms with Crippen LogP contribution in [0.5, 0.6) is 0 Å². The molecule has 1 saturated heterocycles. The molecule has 3 rings (SSSR count). The average molecular weight is 459 g/mol. The maximum atomic E-state index is 13.9. The van der Waals surface area contributed by atoms with Gasteiger partial charge in [0, 0.05) is 23.2 Å².